The molecule has 0 aromatic carbocycles. The van der Waals surface area contributed by atoms with Gasteiger partial charge in [-0.25, -0.2) is 0 Å². The highest BCUT2D eigenvalue weighted by Crippen LogP contribution is 2.11. The summed E-state index contributed by atoms with van der Waals surface area (Å²) >= 11 is 0. The van der Waals surface area contributed by atoms with Gasteiger partial charge in [0, 0.05) is 6.42 Å². The van der Waals surface area contributed by atoms with Gasteiger partial charge in [0.2, 0.25) is 0 Å². The molecule has 0 radical (unpaired) electrons. The molecule has 1 rings (SSSR count). The Morgan fingerprint density at radius 3 is 2.45 bits per heavy atom. The molecule has 1 N–H and O–H groups in total. The first-order valence-corrected chi connectivity index (χ1v) is 7.29. The van der Waals surface area contributed by atoms with Crippen molar-refractivity contribution in [3.63, 3.8) is 0 Å². The smallest absolute Gasteiger partial charge is 0.257 e. The van der Waals surface area contributed by atoms with Gasteiger partial charge in [-0.15, -0.1) is 0 Å². The third-order valence-corrected chi connectivity index (χ3v) is 3.27. The van der Waals surface area contributed by atoms with Gasteiger partial charge in [-0.2, -0.15) is 0 Å². The number of hydrogen-bond acceptors (Lipinski definition) is 4. The molecule has 1 heterocycles. The van der Waals surface area contributed by atoms with Crippen molar-refractivity contribution in [3.8, 4) is 0 Å². The van der Waals surface area contributed by atoms with E-state index < -0.39 is 0 Å². The maximum atomic E-state index is 11.9. The van der Waals surface area contributed by atoms with E-state index in [4.69, 9.17) is 4.52 Å². The molecular weight excluding hydrogens is 256 g/mol. The highest BCUT2D eigenvalue weighted by Gasteiger charge is 2.17. The molecule has 0 aliphatic heterocycles. The van der Waals surface area contributed by atoms with E-state index in [0.717, 1.165) is 12.8 Å². The van der Waals surface area contributed by atoms with Gasteiger partial charge in [-0.3, -0.25) is 9.59 Å². The highest BCUT2D eigenvalue weighted by atomic mass is 16.5. The summed E-state index contributed by atoms with van der Waals surface area (Å²) in [6.07, 6.45) is 6.11. The minimum Gasteiger partial charge on any atom is -0.361 e. The standard InChI is InChI=1S/C15H24N2O3/c1-4-5-6-7-8-9-13(18)10-16-15(19)14-11(2)17-20-12(14)3/h4-10H2,1-3H3,(H,16,19). The Labute approximate surface area is 120 Å². The molecule has 5 heteroatoms. The van der Waals surface area contributed by atoms with Gasteiger partial charge in [-0.1, -0.05) is 37.8 Å². The second-order valence-corrected chi connectivity index (χ2v) is 5.08. The first-order valence-electron chi connectivity index (χ1n) is 7.29. The molecule has 0 spiro atoms. The molecular formula is C15H24N2O3. The fourth-order valence-corrected chi connectivity index (χ4v) is 2.09. The van der Waals surface area contributed by atoms with Crippen LogP contribution in [0.5, 0.6) is 0 Å². The Hall–Kier alpha value is -1.65. The number of nitrogens with one attached hydrogen (secondary N) is 1. The summed E-state index contributed by atoms with van der Waals surface area (Å²) in [6, 6.07) is 0. The normalized spacial score (nSPS) is 10.6. The van der Waals surface area contributed by atoms with Crippen molar-refractivity contribution >= 4 is 11.7 Å². The first-order chi connectivity index (χ1) is 9.56. The van der Waals surface area contributed by atoms with Gasteiger partial charge >= 0.3 is 0 Å². The van der Waals surface area contributed by atoms with Gasteiger partial charge in [0.25, 0.3) is 5.91 Å². The number of amides is 1. The number of unbranched alkanes of at least 4 members (excludes halogenated alkanes) is 4. The number of nitrogens with zero attached hydrogens (tertiary/aromatic N) is 1. The van der Waals surface area contributed by atoms with Crippen LogP contribution in [0.1, 0.15) is 67.3 Å². The van der Waals surface area contributed by atoms with Crippen LogP contribution in [0.15, 0.2) is 4.52 Å². The lowest BCUT2D eigenvalue weighted by Crippen LogP contribution is -2.30. The fraction of sp³-hybridized carbons (Fsp3) is 0.667. The van der Waals surface area contributed by atoms with Crippen LogP contribution in [0.2, 0.25) is 0 Å². The van der Waals surface area contributed by atoms with Crippen LogP contribution in [0.25, 0.3) is 0 Å². The predicted octanol–water partition coefficient (Wildman–Crippen LogP) is 2.95. The zero-order chi connectivity index (χ0) is 15.0. The van der Waals surface area contributed by atoms with E-state index in [1.54, 1.807) is 13.8 Å². The summed E-state index contributed by atoms with van der Waals surface area (Å²) in [5, 5.41) is 6.35. The Morgan fingerprint density at radius 2 is 1.85 bits per heavy atom. The average Bonchev–Trinajstić information content (AvgIpc) is 2.75. The molecule has 0 saturated carbocycles. The molecule has 0 unspecified atom stereocenters. The molecule has 0 aliphatic carbocycles. The molecule has 5 nitrogen and oxygen atoms in total. The van der Waals surface area contributed by atoms with Crippen LogP contribution >= 0.6 is 0 Å². The molecule has 112 valence electrons. The molecule has 1 aromatic heterocycles. The minimum absolute atomic E-state index is 0.0709. The molecule has 0 fully saturated rings. The maximum Gasteiger partial charge on any atom is 0.257 e. The largest absolute Gasteiger partial charge is 0.361 e. The van der Waals surface area contributed by atoms with E-state index in [1.807, 2.05) is 0 Å². The van der Waals surface area contributed by atoms with E-state index >= 15 is 0 Å². The quantitative estimate of drug-likeness (QED) is 0.706. The van der Waals surface area contributed by atoms with Crippen molar-refractivity contribution in [1.29, 1.82) is 0 Å². The van der Waals surface area contributed by atoms with Crippen LogP contribution in [0.4, 0.5) is 0 Å². The zero-order valence-corrected chi connectivity index (χ0v) is 12.6. The van der Waals surface area contributed by atoms with Crippen LogP contribution in [-0.4, -0.2) is 23.4 Å². The van der Waals surface area contributed by atoms with Gasteiger partial charge in [0.05, 0.1) is 12.2 Å². The van der Waals surface area contributed by atoms with Crippen molar-refractivity contribution in [1.82, 2.24) is 10.5 Å². The lowest BCUT2D eigenvalue weighted by Gasteiger charge is -2.04. The molecule has 0 saturated heterocycles. The third-order valence-electron chi connectivity index (χ3n) is 3.27. The Bertz CT molecular complexity index is 432. The highest BCUT2D eigenvalue weighted by molar-refractivity contribution is 5.98. The fourth-order valence-electron chi connectivity index (χ4n) is 2.09. The summed E-state index contributed by atoms with van der Waals surface area (Å²) in [5.41, 5.74) is 0.979. The van der Waals surface area contributed by atoms with E-state index in [0.29, 0.717) is 23.4 Å². The van der Waals surface area contributed by atoms with E-state index in [9.17, 15) is 9.59 Å². The third kappa shape index (κ3) is 5.15. The summed E-state index contributed by atoms with van der Waals surface area (Å²) in [4.78, 5) is 23.6. The van der Waals surface area contributed by atoms with Gasteiger partial charge in [0.15, 0.2) is 5.78 Å². The summed E-state index contributed by atoms with van der Waals surface area (Å²) in [5.74, 6) is 0.259. The monoisotopic (exact) mass is 280 g/mol. The van der Waals surface area contributed by atoms with Crippen LogP contribution < -0.4 is 5.32 Å². The lowest BCUT2D eigenvalue weighted by molar-refractivity contribution is -0.118. The van der Waals surface area contributed by atoms with Crippen LogP contribution in [0.3, 0.4) is 0 Å². The zero-order valence-electron chi connectivity index (χ0n) is 12.6. The Kier molecular flexibility index (Phi) is 6.98. The first kappa shape index (κ1) is 16.4. The van der Waals surface area contributed by atoms with Crippen molar-refractivity contribution < 1.29 is 14.1 Å². The van der Waals surface area contributed by atoms with Crippen molar-refractivity contribution in [2.45, 2.75) is 59.3 Å². The number of carbonyl (C=O) groups excluding carboxylic acids is 2. The van der Waals surface area contributed by atoms with E-state index in [2.05, 4.69) is 17.4 Å². The Balaban J connectivity index is 2.26. The SMILES string of the molecule is CCCCCCCC(=O)CNC(=O)c1c(C)noc1C. The number of aryl methyl sites for hydroxylation is 2. The van der Waals surface area contributed by atoms with E-state index in [-0.39, 0.29) is 18.2 Å². The second-order valence-electron chi connectivity index (χ2n) is 5.08. The summed E-state index contributed by atoms with van der Waals surface area (Å²) in [7, 11) is 0. The summed E-state index contributed by atoms with van der Waals surface area (Å²) in [6.45, 7) is 5.64. The maximum absolute atomic E-state index is 11.9. The van der Waals surface area contributed by atoms with E-state index in [1.165, 1.54) is 19.3 Å². The number of hydrogen-bond donors (Lipinski definition) is 1. The number of aromatic nitrogens is 1. The van der Waals surface area contributed by atoms with Crippen LogP contribution in [0, 0.1) is 13.8 Å². The van der Waals surface area contributed by atoms with Gasteiger partial charge in [-0.05, 0) is 20.3 Å². The number of ketones is 1. The second kappa shape index (κ2) is 8.51. The topological polar surface area (TPSA) is 72.2 Å². The van der Waals surface area contributed by atoms with Gasteiger partial charge < -0.3 is 9.84 Å². The lowest BCUT2D eigenvalue weighted by atomic mass is 10.1. The average molecular weight is 280 g/mol. The van der Waals surface area contributed by atoms with Crippen molar-refractivity contribution in [2.24, 2.45) is 0 Å². The van der Waals surface area contributed by atoms with Crippen molar-refractivity contribution in [3.05, 3.63) is 17.0 Å². The number of rotatable bonds is 9. The van der Waals surface area contributed by atoms with Crippen LogP contribution in [-0.2, 0) is 4.79 Å². The minimum atomic E-state index is -0.291. The molecule has 1 aromatic rings. The Morgan fingerprint density at radius 1 is 1.15 bits per heavy atom. The number of Topliss-reactive ketones (excluding diaryl/α,β-unsaturated/α-hetero) is 1. The van der Waals surface area contributed by atoms with Gasteiger partial charge in [0.1, 0.15) is 11.3 Å². The number of carbonyl (C=O) groups is 2. The van der Waals surface area contributed by atoms with Crippen molar-refractivity contribution in [2.75, 3.05) is 6.54 Å². The molecule has 0 bridgehead atoms. The molecule has 1 amide bonds. The molecule has 20 heavy (non-hydrogen) atoms. The molecule has 0 aliphatic rings. The molecule has 0 atom stereocenters. The summed E-state index contributed by atoms with van der Waals surface area (Å²) < 4.78 is 4.93. The predicted molar refractivity (Wildman–Crippen MR) is 76.7 cm³/mol.